The van der Waals surface area contributed by atoms with Crippen LogP contribution in [0.5, 0.6) is 5.75 Å². The van der Waals surface area contributed by atoms with E-state index in [1.807, 2.05) is 0 Å². The molecule has 0 heterocycles. The Morgan fingerprint density at radius 3 is 2.76 bits per heavy atom. The maximum Gasteiger partial charge on any atom is 0.122 e. The number of rotatable bonds is 3. The normalized spacial score (nSPS) is 23.6. The minimum Gasteiger partial charge on any atom is -0.496 e. The van der Waals surface area contributed by atoms with Crippen molar-refractivity contribution in [2.75, 3.05) is 13.7 Å². The van der Waals surface area contributed by atoms with E-state index in [2.05, 4.69) is 32.0 Å². The molecule has 0 fully saturated rings. The SMILES string of the molecule is COc1cccc2c1CCC(CN)C2C(C)C. The van der Waals surface area contributed by atoms with E-state index >= 15 is 0 Å². The molecule has 1 aliphatic carbocycles. The first-order valence-corrected chi connectivity index (χ1v) is 6.54. The molecule has 2 heteroatoms. The molecule has 2 atom stereocenters. The quantitative estimate of drug-likeness (QED) is 0.871. The Morgan fingerprint density at radius 2 is 2.18 bits per heavy atom. The van der Waals surface area contributed by atoms with Crippen LogP contribution in [0, 0.1) is 11.8 Å². The van der Waals surface area contributed by atoms with Gasteiger partial charge in [0.05, 0.1) is 7.11 Å². The maximum absolute atomic E-state index is 5.93. The summed E-state index contributed by atoms with van der Waals surface area (Å²) in [5.74, 6) is 2.88. The fourth-order valence-electron chi connectivity index (χ4n) is 3.28. The second-order valence-electron chi connectivity index (χ2n) is 5.33. The maximum atomic E-state index is 5.93. The molecule has 0 spiro atoms. The average Bonchev–Trinajstić information content (AvgIpc) is 2.36. The van der Waals surface area contributed by atoms with Gasteiger partial charge in [0.2, 0.25) is 0 Å². The van der Waals surface area contributed by atoms with Gasteiger partial charge in [-0.3, -0.25) is 0 Å². The number of hydrogen-bond donors (Lipinski definition) is 1. The monoisotopic (exact) mass is 233 g/mol. The molecule has 0 amide bonds. The lowest BCUT2D eigenvalue weighted by molar-refractivity contribution is 0.305. The lowest BCUT2D eigenvalue weighted by Gasteiger charge is -2.36. The van der Waals surface area contributed by atoms with Crippen LogP contribution in [0.1, 0.15) is 37.3 Å². The number of fused-ring (bicyclic) bond motifs is 1. The number of hydrogen-bond acceptors (Lipinski definition) is 2. The van der Waals surface area contributed by atoms with Gasteiger partial charge in [-0.2, -0.15) is 0 Å². The van der Waals surface area contributed by atoms with Crippen molar-refractivity contribution in [2.45, 2.75) is 32.6 Å². The van der Waals surface area contributed by atoms with Gasteiger partial charge in [-0.05, 0) is 54.3 Å². The van der Waals surface area contributed by atoms with Gasteiger partial charge in [-0.15, -0.1) is 0 Å². The van der Waals surface area contributed by atoms with Crippen LogP contribution in [0.15, 0.2) is 18.2 Å². The number of ether oxygens (including phenoxy) is 1. The summed E-state index contributed by atoms with van der Waals surface area (Å²) in [6.45, 7) is 5.38. The van der Waals surface area contributed by atoms with E-state index in [-0.39, 0.29) is 0 Å². The minimum absolute atomic E-state index is 0.582. The molecule has 0 radical (unpaired) electrons. The molecule has 2 unspecified atom stereocenters. The Kier molecular flexibility index (Phi) is 3.72. The summed E-state index contributed by atoms with van der Waals surface area (Å²) in [6.07, 6.45) is 2.29. The predicted octanol–water partition coefficient (Wildman–Crippen LogP) is 2.96. The Morgan fingerprint density at radius 1 is 1.41 bits per heavy atom. The van der Waals surface area contributed by atoms with E-state index in [1.54, 1.807) is 7.11 Å². The molecule has 1 aromatic carbocycles. The molecule has 1 aromatic rings. The number of nitrogens with two attached hydrogens (primary N) is 1. The van der Waals surface area contributed by atoms with E-state index in [9.17, 15) is 0 Å². The third kappa shape index (κ3) is 2.19. The van der Waals surface area contributed by atoms with Crippen LogP contribution in [-0.2, 0) is 6.42 Å². The molecular weight excluding hydrogens is 210 g/mol. The van der Waals surface area contributed by atoms with Crippen molar-refractivity contribution >= 4 is 0 Å². The first kappa shape index (κ1) is 12.4. The summed E-state index contributed by atoms with van der Waals surface area (Å²) >= 11 is 0. The molecule has 2 N–H and O–H groups in total. The zero-order valence-electron chi connectivity index (χ0n) is 11.1. The van der Waals surface area contributed by atoms with Crippen molar-refractivity contribution in [3.05, 3.63) is 29.3 Å². The fraction of sp³-hybridized carbons (Fsp3) is 0.600. The molecule has 0 aromatic heterocycles. The minimum atomic E-state index is 0.582. The summed E-state index contributed by atoms with van der Waals surface area (Å²) in [5, 5.41) is 0. The molecule has 0 bridgehead atoms. The summed E-state index contributed by atoms with van der Waals surface area (Å²) in [7, 11) is 1.76. The topological polar surface area (TPSA) is 35.2 Å². The van der Waals surface area contributed by atoms with Gasteiger partial charge < -0.3 is 10.5 Å². The number of benzene rings is 1. The third-order valence-electron chi connectivity index (χ3n) is 4.04. The highest BCUT2D eigenvalue weighted by Gasteiger charge is 2.32. The highest BCUT2D eigenvalue weighted by Crippen LogP contribution is 2.43. The zero-order chi connectivity index (χ0) is 12.4. The molecule has 0 aliphatic heterocycles. The van der Waals surface area contributed by atoms with Gasteiger partial charge in [0.15, 0.2) is 0 Å². The van der Waals surface area contributed by atoms with Crippen LogP contribution in [-0.4, -0.2) is 13.7 Å². The molecule has 0 saturated heterocycles. The van der Waals surface area contributed by atoms with E-state index in [0.29, 0.717) is 17.8 Å². The van der Waals surface area contributed by atoms with Crippen LogP contribution in [0.4, 0.5) is 0 Å². The van der Waals surface area contributed by atoms with Crippen molar-refractivity contribution in [3.63, 3.8) is 0 Å². The van der Waals surface area contributed by atoms with Gasteiger partial charge >= 0.3 is 0 Å². The van der Waals surface area contributed by atoms with E-state index in [0.717, 1.165) is 18.7 Å². The van der Waals surface area contributed by atoms with E-state index in [4.69, 9.17) is 10.5 Å². The highest BCUT2D eigenvalue weighted by molar-refractivity contribution is 5.44. The second-order valence-corrected chi connectivity index (χ2v) is 5.33. The van der Waals surface area contributed by atoms with Crippen molar-refractivity contribution in [2.24, 2.45) is 17.6 Å². The van der Waals surface area contributed by atoms with Gasteiger partial charge in [-0.25, -0.2) is 0 Å². The van der Waals surface area contributed by atoms with Crippen molar-refractivity contribution in [1.29, 1.82) is 0 Å². The van der Waals surface area contributed by atoms with Crippen LogP contribution < -0.4 is 10.5 Å². The van der Waals surface area contributed by atoms with E-state index < -0.39 is 0 Å². The summed E-state index contributed by atoms with van der Waals surface area (Å²) in [5.41, 5.74) is 8.79. The molecule has 0 saturated carbocycles. The summed E-state index contributed by atoms with van der Waals surface area (Å²) in [4.78, 5) is 0. The molecular formula is C15H23NO. The Balaban J connectivity index is 2.46. The predicted molar refractivity (Wildman–Crippen MR) is 71.4 cm³/mol. The third-order valence-corrected chi connectivity index (χ3v) is 4.04. The lowest BCUT2D eigenvalue weighted by atomic mass is 9.70. The number of methoxy groups -OCH3 is 1. The van der Waals surface area contributed by atoms with Crippen LogP contribution >= 0.6 is 0 Å². The molecule has 17 heavy (non-hydrogen) atoms. The fourth-order valence-corrected chi connectivity index (χ4v) is 3.28. The zero-order valence-corrected chi connectivity index (χ0v) is 11.1. The molecule has 94 valence electrons. The summed E-state index contributed by atoms with van der Waals surface area (Å²) < 4.78 is 5.48. The Labute approximate surface area is 104 Å². The summed E-state index contributed by atoms with van der Waals surface area (Å²) in [6, 6.07) is 6.43. The first-order valence-electron chi connectivity index (χ1n) is 6.54. The van der Waals surface area contributed by atoms with Crippen molar-refractivity contribution in [3.8, 4) is 5.75 Å². The highest BCUT2D eigenvalue weighted by atomic mass is 16.5. The van der Waals surface area contributed by atoms with Crippen molar-refractivity contribution < 1.29 is 4.74 Å². The lowest BCUT2D eigenvalue weighted by Crippen LogP contribution is -2.30. The van der Waals surface area contributed by atoms with Crippen LogP contribution in [0.3, 0.4) is 0 Å². The first-order chi connectivity index (χ1) is 8.19. The van der Waals surface area contributed by atoms with Crippen molar-refractivity contribution in [1.82, 2.24) is 0 Å². The second kappa shape index (κ2) is 5.09. The smallest absolute Gasteiger partial charge is 0.122 e. The standard InChI is InChI=1S/C15H23NO/c1-10(2)15-11(9-16)7-8-12-13(15)5-4-6-14(12)17-3/h4-6,10-11,15H,7-9,16H2,1-3H3. The average molecular weight is 233 g/mol. The van der Waals surface area contributed by atoms with Crippen LogP contribution in [0.2, 0.25) is 0 Å². The largest absolute Gasteiger partial charge is 0.496 e. The Hall–Kier alpha value is -1.02. The van der Waals surface area contributed by atoms with Gasteiger partial charge in [-0.1, -0.05) is 26.0 Å². The van der Waals surface area contributed by atoms with Gasteiger partial charge in [0.1, 0.15) is 5.75 Å². The Bertz CT molecular complexity index is 387. The van der Waals surface area contributed by atoms with Gasteiger partial charge in [0.25, 0.3) is 0 Å². The molecule has 2 nitrogen and oxygen atoms in total. The van der Waals surface area contributed by atoms with E-state index in [1.165, 1.54) is 17.5 Å². The van der Waals surface area contributed by atoms with Gasteiger partial charge in [0, 0.05) is 0 Å². The molecule has 1 aliphatic rings. The van der Waals surface area contributed by atoms with Crippen LogP contribution in [0.25, 0.3) is 0 Å². The molecule has 2 rings (SSSR count).